The highest BCUT2D eigenvalue weighted by molar-refractivity contribution is 5.82. The SMILES string of the molecule is Cn1cc(-c2cnc3nc4c(cc3c2)CN(C(=O)C2CC=CCC2)CC4)cn1. The number of allylic oxidation sites excluding steroid dienone is 2. The van der Waals surface area contributed by atoms with Crippen LogP contribution in [0, 0.1) is 5.92 Å². The third kappa shape index (κ3) is 3.09. The van der Waals surface area contributed by atoms with Gasteiger partial charge in [-0.3, -0.25) is 9.48 Å². The number of fused-ring (bicyclic) bond motifs is 2. The highest BCUT2D eigenvalue weighted by Crippen LogP contribution is 2.28. The van der Waals surface area contributed by atoms with Crippen molar-refractivity contribution in [3.63, 3.8) is 0 Å². The van der Waals surface area contributed by atoms with Gasteiger partial charge in [0.2, 0.25) is 5.91 Å². The molecule has 4 heterocycles. The minimum absolute atomic E-state index is 0.138. The number of carbonyl (C=O) groups is 1. The first-order valence-corrected chi connectivity index (χ1v) is 9.89. The van der Waals surface area contributed by atoms with Crippen LogP contribution in [0.25, 0.3) is 22.2 Å². The average Bonchev–Trinajstić information content (AvgIpc) is 3.18. The second-order valence-corrected chi connectivity index (χ2v) is 7.76. The maximum absolute atomic E-state index is 12.9. The van der Waals surface area contributed by atoms with Crippen molar-refractivity contribution in [2.75, 3.05) is 6.54 Å². The molecule has 5 rings (SSSR count). The van der Waals surface area contributed by atoms with Crippen molar-refractivity contribution in [1.29, 1.82) is 0 Å². The van der Waals surface area contributed by atoms with Gasteiger partial charge in [-0.15, -0.1) is 0 Å². The van der Waals surface area contributed by atoms with E-state index < -0.39 is 0 Å². The molecule has 1 aliphatic carbocycles. The molecule has 0 bridgehead atoms. The van der Waals surface area contributed by atoms with Crippen LogP contribution in [0.3, 0.4) is 0 Å². The van der Waals surface area contributed by atoms with Gasteiger partial charge in [0.1, 0.15) is 0 Å². The number of pyridine rings is 2. The van der Waals surface area contributed by atoms with Crippen LogP contribution in [-0.4, -0.2) is 37.1 Å². The van der Waals surface area contributed by atoms with Crippen LogP contribution in [0.5, 0.6) is 0 Å². The molecule has 1 atom stereocenters. The maximum atomic E-state index is 12.9. The minimum Gasteiger partial charge on any atom is -0.338 e. The van der Waals surface area contributed by atoms with Crippen LogP contribution in [0.4, 0.5) is 0 Å². The number of aryl methyl sites for hydroxylation is 1. The Morgan fingerprint density at radius 2 is 2.11 bits per heavy atom. The predicted octanol–water partition coefficient (Wildman–Crippen LogP) is 3.27. The second kappa shape index (κ2) is 6.86. The monoisotopic (exact) mass is 373 g/mol. The van der Waals surface area contributed by atoms with Crippen LogP contribution in [0.15, 0.2) is 42.9 Å². The van der Waals surface area contributed by atoms with Gasteiger partial charge in [-0.2, -0.15) is 5.10 Å². The Morgan fingerprint density at radius 3 is 2.89 bits per heavy atom. The summed E-state index contributed by atoms with van der Waals surface area (Å²) in [6.45, 7) is 1.40. The molecule has 0 saturated carbocycles. The summed E-state index contributed by atoms with van der Waals surface area (Å²) in [5.74, 6) is 0.427. The van der Waals surface area contributed by atoms with Crippen LogP contribution < -0.4 is 0 Å². The molecule has 2 aliphatic rings. The summed E-state index contributed by atoms with van der Waals surface area (Å²) < 4.78 is 1.79. The third-order valence-corrected chi connectivity index (χ3v) is 5.78. The lowest BCUT2D eigenvalue weighted by Gasteiger charge is -2.32. The molecule has 6 heteroatoms. The van der Waals surface area contributed by atoms with Gasteiger partial charge in [0.15, 0.2) is 5.65 Å². The Morgan fingerprint density at radius 1 is 1.18 bits per heavy atom. The first-order valence-electron chi connectivity index (χ1n) is 9.89. The molecule has 1 amide bonds. The van der Waals surface area contributed by atoms with Crippen LogP contribution in [0.2, 0.25) is 0 Å². The molecule has 6 nitrogen and oxygen atoms in total. The van der Waals surface area contributed by atoms with Gasteiger partial charge in [-0.05, 0) is 37.0 Å². The van der Waals surface area contributed by atoms with E-state index in [1.165, 1.54) is 0 Å². The lowest BCUT2D eigenvalue weighted by atomic mass is 9.92. The zero-order valence-corrected chi connectivity index (χ0v) is 16.0. The molecule has 0 radical (unpaired) electrons. The molecule has 0 saturated heterocycles. The number of hydrogen-bond donors (Lipinski definition) is 0. The van der Waals surface area contributed by atoms with E-state index in [1.807, 2.05) is 30.5 Å². The van der Waals surface area contributed by atoms with E-state index in [0.717, 1.165) is 65.6 Å². The van der Waals surface area contributed by atoms with Crippen LogP contribution >= 0.6 is 0 Å². The fourth-order valence-electron chi connectivity index (χ4n) is 4.22. The molecule has 0 N–H and O–H groups in total. The number of carbonyl (C=O) groups excluding carboxylic acids is 1. The molecule has 0 spiro atoms. The minimum atomic E-state index is 0.138. The smallest absolute Gasteiger partial charge is 0.226 e. The Balaban J connectivity index is 1.44. The standard InChI is InChI=1S/C22H23N5O/c1-26-13-19(12-24-26)17-9-16-10-18-14-27(22(28)15-5-3-2-4-6-15)8-7-20(18)25-21(16)23-11-17/h2-3,9-13,15H,4-8,14H2,1H3. The average molecular weight is 373 g/mol. The largest absolute Gasteiger partial charge is 0.338 e. The van der Waals surface area contributed by atoms with E-state index in [0.29, 0.717) is 6.54 Å². The Bertz CT molecular complexity index is 1080. The molecule has 0 fully saturated rings. The summed E-state index contributed by atoms with van der Waals surface area (Å²) in [6.07, 6.45) is 13.6. The number of rotatable bonds is 2. The molecule has 1 unspecified atom stereocenters. The molecule has 3 aromatic rings. The summed E-state index contributed by atoms with van der Waals surface area (Å²) in [5.41, 5.74) is 5.05. The van der Waals surface area contributed by atoms with Gasteiger partial charge in [0, 0.05) is 67.1 Å². The molecule has 3 aromatic heterocycles. The Hall–Kier alpha value is -3.02. The van der Waals surface area contributed by atoms with Crippen molar-refractivity contribution >= 4 is 16.9 Å². The van der Waals surface area contributed by atoms with Crippen LogP contribution in [0.1, 0.15) is 30.5 Å². The number of aromatic nitrogens is 4. The van der Waals surface area contributed by atoms with Crippen molar-refractivity contribution in [2.24, 2.45) is 13.0 Å². The molecule has 28 heavy (non-hydrogen) atoms. The van der Waals surface area contributed by atoms with Crippen molar-refractivity contribution in [2.45, 2.75) is 32.2 Å². The van der Waals surface area contributed by atoms with Crippen molar-refractivity contribution < 1.29 is 4.79 Å². The molecular weight excluding hydrogens is 350 g/mol. The fourth-order valence-corrected chi connectivity index (χ4v) is 4.22. The maximum Gasteiger partial charge on any atom is 0.226 e. The molecule has 0 aromatic carbocycles. The first-order chi connectivity index (χ1) is 13.7. The van der Waals surface area contributed by atoms with Gasteiger partial charge in [0.05, 0.1) is 6.20 Å². The number of hydrogen-bond acceptors (Lipinski definition) is 4. The number of amides is 1. The highest BCUT2D eigenvalue weighted by atomic mass is 16.2. The summed E-state index contributed by atoms with van der Waals surface area (Å²) >= 11 is 0. The molecular formula is C22H23N5O. The Labute approximate surface area is 163 Å². The third-order valence-electron chi connectivity index (χ3n) is 5.78. The molecule has 1 aliphatic heterocycles. The van der Waals surface area contributed by atoms with Gasteiger partial charge in [-0.1, -0.05) is 12.2 Å². The van der Waals surface area contributed by atoms with E-state index in [4.69, 9.17) is 4.98 Å². The lowest BCUT2D eigenvalue weighted by molar-refractivity contribution is -0.136. The summed E-state index contributed by atoms with van der Waals surface area (Å²) in [6, 6.07) is 4.27. The topological polar surface area (TPSA) is 63.9 Å². The predicted molar refractivity (Wildman–Crippen MR) is 107 cm³/mol. The van der Waals surface area contributed by atoms with Crippen molar-refractivity contribution in [3.05, 3.63) is 54.1 Å². The highest BCUT2D eigenvalue weighted by Gasteiger charge is 2.28. The lowest BCUT2D eigenvalue weighted by Crippen LogP contribution is -2.40. The van der Waals surface area contributed by atoms with E-state index in [9.17, 15) is 4.79 Å². The number of nitrogens with zero attached hydrogens (tertiary/aromatic N) is 5. The van der Waals surface area contributed by atoms with Gasteiger partial charge in [-0.25, -0.2) is 9.97 Å². The van der Waals surface area contributed by atoms with Gasteiger partial charge < -0.3 is 4.90 Å². The fraction of sp³-hybridized carbons (Fsp3) is 0.364. The Kier molecular flexibility index (Phi) is 4.19. The van der Waals surface area contributed by atoms with Crippen LogP contribution in [-0.2, 0) is 24.8 Å². The zero-order chi connectivity index (χ0) is 19.1. The van der Waals surface area contributed by atoms with E-state index in [1.54, 1.807) is 4.68 Å². The van der Waals surface area contributed by atoms with Gasteiger partial charge in [0.25, 0.3) is 0 Å². The summed E-state index contributed by atoms with van der Waals surface area (Å²) in [5, 5.41) is 5.25. The van der Waals surface area contributed by atoms with E-state index in [2.05, 4.69) is 34.4 Å². The zero-order valence-electron chi connectivity index (χ0n) is 16.0. The molecule has 142 valence electrons. The van der Waals surface area contributed by atoms with Gasteiger partial charge >= 0.3 is 0 Å². The van der Waals surface area contributed by atoms with Crippen molar-refractivity contribution in [3.8, 4) is 11.1 Å². The van der Waals surface area contributed by atoms with E-state index >= 15 is 0 Å². The van der Waals surface area contributed by atoms with Crippen molar-refractivity contribution in [1.82, 2.24) is 24.6 Å². The van der Waals surface area contributed by atoms with E-state index in [-0.39, 0.29) is 11.8 Å². The normalized spacial score (nSPS) is 19.0. The quantitative estimate of drug-likeness (QED) is 0.647. The first kappa shape index (κ1) is 17.1. The summed E-state index contributed by atoms with van der Waals surface area (Å²) in [7, 11) is 1.91. The summed E-state index contributed by atoms with van der Waals surface area (Å²) in [4.78, 5) is 24.3. The second-order valence-electron chi connectivity index (χ2n) is 7.76.